The van der Waals surface area contributed by atoms with Gasteiger partial charge in [0.1, 0.15) is 0 Å². The van der Waals surface area contributed by atoms with Gasteiger partial charge in [0.2, 0.25) is 5.91 Å². The predicted octanol–water partition coefficient (Wildman–Crippen LogP) is 3.04. The number of rotatable bonds is 4. The molecule has 1 amide bonds. The highest BCUT2D eigenvalue weighted by Crippen LogP contribution is 2.26. The van der Waals surface area contributed by atoms with Crippen LogP contribution in [0.4, 0.5) is 5.69 Å². The number of benzene rings is 1. The largest absolute Gasteiger partial charge is 0.326 e. The Kier molecular flexibility index (Phi) is 4.87. The van der Waals surface area contributed by atoms with Crippen LogP contribution in [-0.2, 0) is 4.79 Å². The molecule has 0 aliphatic carbocycles. The van der Waals surface area contributed by atoms with E-state index in [0.717, 1.165) is 17.0 Å². The lowest BCUT2D eigenvalue weighted by Crippen LogP contribution is -2.05. The first kappa shape index (κ1) is 12.6. The first-order chi connectivity index (χ1) is 7.65. The molecule has 4 heteroatoms. The van der Waals surface area contributed by atoms with Gasteiger partial charge in [-0.2, -0.15) is 5.26 Å². The molecular formula is C12H14N2OS. The Morgan fingerprint density at radius 1 is 1.50 bits per heavy atom. The molecule has 3 nitrogen and oxygen atoms in total. The molecule has 0 radical (unpaired) electrons. The summed E-state index contributed by atoms with van der Waals surface area (Å²) in [6.07, 6.45) is 0.828. The van der Waals surface area contributed by atoms with Crippen molar-refractivity contribution in [3.05, 3.63) is 24.3 Å². The van der Waals surface area contributed by atoms with Gasteiger partial charge >= 0.3 is 0 Å². The average Bonchev–Trinajstić information content (AvgIpc) is 2.27. The van der Waals surface area contributed by atoms with Gasteiger partial charge in [-0.05, 0) is 30.7 Å². The summed E-state index contributed by atoms with van der Waals surface area (Å²) < 4.78 is 0. The van der Waals surface area contributed by atoms with Crippen LogP contribution in [-0.4, -0.2) is 11.2 Å². The Bertz CT molecular complexity index is 394. The molecule has 16 heavy (non-hydrogen) atoms. The molecule has 1 atom stereocenters. The molecule has 1 aromatic rings. The van der Waals surface area contributed by atoms with E-state index in [0.29, 0.717) is 0 Å². The summed E-state index contributed by atoms with van der Waals surface area (Å²) >= 11 is 1.54. The molecule has 0 aromatic heterocycles. The summed E-state index contributed by atoms with van der Waals surface area (Å²) in [6, 6.07) is 9.75. The maximum absolute atomic E-state index is 10.8. The second kappa shape index (κ2) is 6.19. The van der Waals surface area contributed by atoms with Gasteiger partial charge in [0.15, 0.2) is 0 Å². The number of amides is 1. The van der Waals surface area contributed by atoms with E-state index in [-0.39, 0.29) is 11.2 Å². The van der Waals surface area contributed by atoms with Gasteiger partial charge in [0.25, 0.3) is 0 Å². The van der Waals surface area contributed by atoms with Crippen LogP contribution < -0.4 is 5.32 Å². The van der Waals surface area contributed by atoms with E-state index < -0.39 is 0 Å². The fourth-order valence-electron chi connectivity index (χ4n) is 1.19. The zero-order valence-electron chi connectivity index (χ0n) is 9.36. The molecule has 1 unspecified atom stereocenters. The predicted molar refractivity (Wildman–Crippen MR) is 66.3 cm³/mol. The van der Waals surface area contributed by atoms with Crippen molar-refractivity contribution in [3.8, 4) is 6.07 Å². The summed E-state index contributed by atoms with van der Waals surface area (Å²) in [7, 11) is 0. The lowest BCUT2D eigenvalue weighted by atomic mass is 10.3. The van der Waals surface area contributed by atoms with Crippen LogP contribution in [0.25, 0.3) is 0 Å². The Hall–Kier alpha value is -1.47. The minimum absolute atomic E-state index is 0.00776. The van der Waals surface area contributed by atoms with Crippen LogP contribution in [0.1, 0.15) is 20.3 Å². The molecular weight excluding hydrogens is 220 g/mol. The smallest absolute Gasteiger partial charge is 0.221 e. The number of thioether (sulfide) groups is 1. The molecule has 0 spiro atoms. The van der Waals surface area contributed by atoms with Crippen LogP contribution in [0.5, 0.6) is 0 Å². The van der Waals surface area contributed by atoms with Crippen molar-refractivity contribution < 1.29 is 4.79 Å². The number of nitriles is 1. The van der Waals surface area contributed by atoms with Gasteiger partial charge in [0, 0.05) is 17.5 Å². The number of hydrogen-bond donors (Lipinski definition) is 1. The van der Waals surface area contributed by atoms with Gasteiger partial charge in [-0.15, -0.1) is 11.8 Å². The highest BCUT2D eigenvalue weighted by Gasteiger charge is 2.06. The monoisotopic (exact) mass is 234 g/mol. The van der Waals surface area contributed by atoms with E-state index >= 15 is 0 Å². The lowest BCUT2D eigenvalue weighted by molar-refractivity contribution is -0.114. The number of anilines is 1. The van der Waals surface area contributed by atoms with Crippen molar-refractivity contribution in [3.63, 3.8) is 0 Å². The average molecular weight is 234 g/mol. The Morgan fingerprint density at radius 3 is 2.56 bits per heavy atom. The fraction of sp³-hybridized carbons (Fsp3) is 0.333. The van der Waals surface area contributed by atoms with Crippen molar-refractivity contribution in [1.29, 1.82) is 5.26 Å². The molecule has 0 saturated carbocycles. The van der Waals surface area contributed by atoms with E-state index in [2.05, 4.69) is 11.4 Å². The van der Waals surface area contributed by atoms with Crippen LogP contribution >= 0.6 is 11.8 Å². The molecule has 1 rings (SSSR count). The van der Waals surface area contributed by atoms with Crippen molar-refractivity contribution in [2.45, 2.75) is 30.4 Å². The maximum Gasteiger partial charge on any atom is 0.221 e. The zero-order chi connectivity index (χ0) is 12.0. The SMILES string of the molecule is CCC(C#N)Sc1ccc(NC(C)=O)cc1. The van der Waals surface area contributed by atoms with E-state index in [1.807, 2.05) is 31.2 Å². The minimum Gasteiger partial charge on any atom is -0.326 e. The van der Waals surface area contributed by atoms with Crippen molar-refractivity contribution in [2.24, 2.45) is 0 Å². The topological polar surface area (TPSA) is 52.9 Å². The summed E-state index contributed by atoms with van der Waals surface area (Å²) in [4.78, 5) is 11.9. The van der Waals surface area contributed by atoms with Gasteiger partial charge in [-0.1, -0.05) is 6.92 Å². The minimum atomic E-state index is -0.0798. The lowest BCUT2D eigenvalue weighted by Gasteiger charge is -2.07. The fourth-order valence-corrected chi connectivity index (χ4v) is 2.03. The Labute approximate surface area is 99.8 Å². The quantitative estimate of drug-likeness (QED) is 0.815. The first-order valence-electron chi connectivity index (χ1n) is 5.09. The first-order valence-corrected chi connectivity index (χ1v) is 5.97. The third-order valence-corrected chi connectivity index (χ3v) is 3.24. The van der Waals surface area contributed by atoms with Crippen LogP contribution in [0.2, 0.25) is 0 Å². The summed E-state index contributed by atoms with van der Waals surface area (Å²) in [6.45, 7) is 3.47. The van der Waals surface area contributed by atoms with Gasteiger partial charge < -0.3 is 5.32 Å². The highest BCUT2D eigenvalue weighted by molar-refractivity contribution is 8.00. The number of carbonyl (C=O) groups excluding carboxylic acids is 1. The Balaban J connectivity index is 2.64. The van der Waals surface area contributed by atoms with Gasteiger partial charge in [0.05, 0.1) is 11.3 Å². The highest BCUT2D eigenvalue weighted by atomic mass is 32.2. The van der Waals surface area contributed by atoms with Crippen LogP contribution in [0.15, 0.2) is 29.2 Å². The van der Waals surface area contributed by atoms with Crippen molar-refractivity contribution in [2.75, 3.05) is 5.32 Å². The molecule has 0 aliphatic rings. The van der Waals surface area contributed by atoms with E-state index in [1.54, 1.807) is 11.8 Å². The molecule has 0 fully saturated rings. The van der Waals surface area contributed by atoms with E-state index in [1.165, 1.54) is 6.92 Å². The normalized spacial score (nSPS) is 11.6. The van der Waals surface area contributed by atoms with Crippen molar-refractivity contribution in [1.82, 2.24) is 0 Å². The molecule has 0 bridgehead atoms. The standard InChI is InChI=1S/C12H14N2OS/c1-3-11(8-13)16-12-6-4-10(5-7-12)14-9(2)15/h4-7,11H,3H2,1-2H3,(H,14,15). The maximum atomic E-state index is 10.8. The molecule has 0 heterocycles. The second-order valence-corrected chi connectivity index (χ2v) is 4.63. The summed E-state index contributed by atoms with van der Waals surface area (Å²) in [5, 5.41) is 11.5. The summed E-state index contributed by atoms with van der Waals surface area (Å²) in [5.74, 6) is -0.0798. The number of nitrogens with zero attached hydrogens (tertiary/aromatic N) is 1. The molecule has 0 aliphatic heterocycles. The van der Waals surface area contributed by atoms with Crippen LogP contribution in [0, 0.1) is 11.3 Å². The number of hydrogen-bond acceptors (Lipinski definition) is 3. The zero-order valence-corrected chi connectivity index (χ0v) is 10.2. The Morgan fingerprint density at radius 2 is 2.12 bits per heavy atom. The number of nitrogens with one attached hydrogen (secondary N) is 1. The van der Waals surface area contributed by atoms with Crippen molar-refractivity contribution >= 4 is 23.4 Å². The third kappa shape index (κ3) is 3.95. The second-order valence-electron chi connectivity index (χ2n) is 3.35. The molecule has 1 N–H and O–H groups in total. The van der Waals surface area contributed by atoms with E-state index in [4.69, 9.17) is 5.26 Å². The van der Waals surface area contributed by atoms with Crippen LogP contribution in [0.3, 0.4) is 0 Å². The molecule has 1 aromatic carbocycles. The van der Waals surface area contributed by atoms with E-state index in [9.17, 15) is 4.79 Å². The van der Waals surface area contributed by atoms with Gasteiger partial charge in [-0.3, -0.25) is 4.79 Å². The number of carbonyl (C=O) groups is 1. The molecule has 84 valence electrons. The molecule has 0 saturated heterocycles. The summed E-state index contributed by atoms with van der Waals surface area (Å²) in [5.41, 5.74) is 0.779. The third-order valence-electron chi connectivity index (χ3n) is 1.97. The van der Waals surface area contributed by atoms with Gasteiger partial charge in [-0.25, -0.2) is 0 Å².